The summed E-state index contributed by atoms with van der Waals surface area (Å²) >= 11 is 5.66. The van der Waals surface area contributed by atoms with Gasteiger partial charge in [0, 0.05) is 29.0 Å². The van der Waals surface area contributed by atoms with Gasteiger partial charge in [-0.05, 0) is 30.3 Å². The van der Waals surface area contributed by atoms with E-state index in [2.05, 4.69) is 0 Å². The molecule has 0 aliphatic rings. The van der Waals surface area contributed by atoms with Crippen molar-refractivity contribution in [1.82, 2.24) is 0 Å². The Morgan fingerprint density at radius 1 is 1.08 bits per heavy atom. The van der Waals surface area contributed by atoms with Gasteiger partial charge >= 0.3 is 17.8 Å². The third kappa shape index (κ3) is 3.57. The lowest BCUT2D eigenvalue weighted by Crippen LogP contribution is -2.11. The van der Waals surface area contributed by atoms with Crippen LogP contribution in [0.25, 0.3) is 22.1 Å². The average molecular weight is 383 g/mol. The summed E-state index contributed by atoms with van der Waals surface area (Å²) in [5.41, 5.74) is -2.48. The Labute approximate surface area is 149 Å². The first-order valence-electron chi connectivity index (χ1n) is 7.28. The zero-order chi connectivity index (χ0) is 19.1. The molecule has 0 spiro atoms. The van der Waals surface area contributed by atoms with Crippen molar-refractivity contribution in [3.63, 3.8) is 0 Å². The van der Waals surface area contributed by atoms with Crippen molar-refractivity contribution < 1.29 is 27.1 Å². The molecule has 8 heteroatoms. The summed E-state index contributed by atoms with van der Waals surface area (Å²) < 4.78 is 49.9. The molecule has 3 rings (SSSR count). The summed E-state index contributed by atoms with van der Waals surface area (Å²) in [7, 11) is 0. The highest BCUT2D eigenvalue weighted by atomic mass is 35.5. The van der Waals surface area contributed by atoms with Gasteiger partial charge in [0.2, 0.25) is 0 Å². The van der Waals surface area contributed by atoms with E-state index >= 15 is 0 Å². The Balaban J connectivity index is 2.20. The van der Waals surface area contributed by atoms with E-state index in [-0.39, 0.29) is 27.5 Å². The molecule has 0 radical (unpaired) electrons. The van der Waals surface area contributed by atoms with Crippen LogP contribution in [-0.2, 0) is 11.0 Å². The maximum absolute atomic E-state index is 13.3. The lowest BCUT2D eigenvalue weighted by atomic mass is 9.99. The number of alkyl halides is 3. The summed E-state index contributed by atoms with van der Waals surface area (Å²) in [5, 5.41) is 0.274. The molecule has 0 bridgehead atoms. The van der Waals surface area contributed by atoms with E-state index in [0.29, 0.717) is 5.39 Å². The first-order valence-corrected chi connectivity index (χ1v) is 7.66. The van der Waals surface area contributed by atoms with Crippen LogP contribution in [0, 0.1) is 0 Å². The maximum Gasteiger partial charge on any atom is 0.417 e. The fourth-order valence-corrected chi connectivity index (χ4v) is 2.67. The first kappa shape index (κ1) is 18.0. The number of esters is 1. The van der Waals surface area contributed by atoms with Crippen LogP contribution in [0.4, 0.5) is 13.2 Å². The van der Waals surface area contributed by atoms with Gasteiger partial charge in [-0.1, -0.05) is 17.7 Å². The highest BCUT2D eigenvalue weighted by molar-refractivity contribution is 6.30. The molecule has 0 aliphatic carbocycles. The molecule has 0 N–H and O–H groups in total. The smallest absolute Gasteiger partial charge is 0.417 e. The maximum atomic E-state index is 13.3. The minimum absolute atomic E-state index is 0.0834. The molecule has 0 atom stereocenters. The second-order valence-electron chi connectivity index (χ2n) is 5.43. The van der Waals surface area contributed by atoms with E-state index in [0.717, 1.165) is 12.1 Å². The third-order valence-corrected chi connectivity index (χ3v) is 3.78. The van der Waals surface area contributed by atoms with Gasteiger partial charge in [-0.25, -0.2) is 4.79 Å². The van der Waals surface area contributed by atoms with Gasteiger partial charge in [0.05, 0.1) is 11.1 Å². The molecule has 134 valence electrons. The number of halogens is 4. The molecular formula is C18H10ClF3O4. The zero-order valence-electron chi connectivity index (χ0n) is 13.2. The van der Waals surface area contributed by atoms with Gasteiger partial charge in [0.15, 0.2) is 0 Å². The number of ether oxygens (including phenoxy) is 1. The van der Waals surface area contributed by atoms with E-state index < -0.39 is 23.3 Å². The molecule has 26 heavy (non-hydrogen) atoms. The normalized spacial score (nSPS) is 11.6. The van der Waals surface area contributed by atoms with Crippen LogP contribution in [-0.4, -0.2) is 5.97 Å². The van der Waals surface area contributed by atoms with E-state index in [9.17, 15) is 22.8 Å². The van der Waals surface area contributed by atoms with Crippen molar-refractivity contribution in [2.75, 3.05) is 0 Å². The number of benzene rings is 2. The van der Waals surface area contributed by atoms with Crippen LogP contribution >= 0.6 is 11.6 Å². The van der Waals surface area contributed by atoms with Crippen LogP contribution < -0.4 is 10.4 Å². The van der Waals surface area contributed by atoms with Crippen molar-refractivity contribution in [2.45, 2.75) is 13.1 Å². The SMILES string of the molecule is CC(=O)Oc1ccc2cc(-c3ccc(Cl)cc3C(F)(F)F)c(=O)oc2c1. The van der Waals surface area contributed by atoms with Crippen LogP contribution in [0.15, 0.2) is 51.7 Å². The highest BCUT2D eigenvalue weighted by Gasteiger charge is 2.34. The molecule has 0 aliphatic heterocycles. The number of fused-ring (bicyclic) bond motifs is 1. The number of carbonyl (C=O) groups is 1. The van der Waals surface area contributed by atoms with E-state index in [1.807, 2.05) is 0 Å². The second-order valence-corrected chi connectivity index (χ2v) is 5.86. The van der Waals surface area contributed by atoms with Gasteiger partial charge in [0.1, 0.15) is 11.3 Å². The summed E-state index contributed by atoms with van der Waals surface area (Å²) in [4.78, 5) is 23.2. The largest absolute Gasteiger partial charge is 0.427 e. The fourth-order valence-electron chi connectivity index (χ4n) is 2.49. The molecule has 2 aromatic carbocycles. The lowest BCUT2D eigenvalue weighted by Gasteiger charge is -2.13. The second kappa shape index (κ2) is 6.49. The zero-order valence-corrected chi connectivity index (χ0v) is 13.9. The van der Waals surface area contributed by atoms with Crippen molar-refractivity contribution >= 4 is 28.5 Å². The van der Waals surface area contributed by atoms with Crippen LogP contribution in [0.5, 0.6) is 5.75 Å². The van der Waals surface area contributed by atoms with Crippen molar-refractivity contribution in [2.24, 2.45) is 0 Å². The summed E-state index contributed by atoms with van der Waals surface area (Å²) in [6, 6.07) is 8.66. The van der Waals surface area contributed by atoms with E-state index in [4.69, 9.17) is 20.8 Å². The standard InChI is InChI=1S/C18H10ClF3O4/c1-9(23)25-12-4-2-10-6-14(17(24)26-16(10)8-12)13-5-3-11(19)7-15(13)18(20,21)22/h2-8H,1H3. The van der Waals surface area contributed by atoms with Crippen molar-refractivity contribution in [1.29, 1.82) is 0 Å². The quantitative estimate of drug-likeness (QED) is 0.353. The Bertz CT molecular complexity index is 1070. The highest BCUT2D eigenvalue weighted by Crippen LogP contribution is 2.38. The van der Waals surface area contributed by atoms with Crippen molar-refractivity contribution in [3.05, 3.63) is 63.5 Å². The third-order valence-electron chi connectivity index (χ3n) is 3.55. The number of carbonyl (C=O) groups excluding carboxylic acids is 1. The molecule has 4 nitrogen and oxygen atoms in total. The fraction of sp³-hybridized carbons (Fsp3) is 0.111. The Hall–Kier alpha value is -2.80. The first-order chi connectivity index (χ1) is 12.1. The summed E-state index contributed by atoms with van der Waals surface area (Å²) in [6.45, 7) is 1.21. The average Bonchev–Trinajstić information content (AvgIpc) is 2.53. The van der Waals surface area contributed by atoms with Crippen molar-refractivity contribution in [3.8, 4) is 16.9 Å². The Morgan fingerprint density at radius 2 is 1.81 bits per heavy atom. The molecule has 1 heterocycles. The minimum Gasteiger partial charge on any atom is -0.427 e. The Morgan fingerprint density at radius 3 is 2.46 bits per heavy atom. The number of hydrogen-bond acceptors (Lipinski definition) is 4. The van der Waals surface area contributed by atoms with Crippen LogP contribution in [0.3, 0.4) is 0 Å². The molecule has 0 amide bonds. The van der Waals surface area contributed by atoms with Gasteiger partial charge in [-0.3, -0.25) is 4.79 Å². The molecular weight excluding hydrogens is 373 g/mol. The van der Waals surface area contributed by atoms with Crippen LogP contribution in [0.1, 0.15) is 12.5 Å². The molecule has 0 fully saturated rings. The van der Waals surface area contributed by atoms with Gasteiger partial charge in [-0.15, -0.1) is 0 Å². The van der Waals surface area contributed by atoms with Gasteiger partial charge in [0.25, 0.3) is 0 Å². The number of hydrogen-bond donors (Lipinski definition) is 0. The number of rotatable bonds is 2. The topological polar surface area (TPSA) is 56.5 Å². The molecule has 0 saturated heterocycles. The predicted molar refractivity (Wildman–Crippen MR) is 89.2 cm³/mol. The van der Waals surface area contributed by atoms with E-state index in [1.165, 1.54) is 37.3 Å². The lowest BCUT2D eigenvalue weighted by molar-refractivity contribution is -0.137. The van der Waals surface area contributed by atoms with Gasteiger partial charge < -0.3 is 9.15 Å². The molecule has 0 saturated carbocycles. The summed E-state index contributed by atoms with van der Waals surface area (Å²) in [6.07, 6.45) is -4.69. The van der Waals surface area contributed by atoms with Crippen LogP contribution in [0.2, 0.25) is 5.02 Å². The molecule has 3 aromatic rings. The predicted octanol–water partition coefficient (Wildman–Crippen LogP) is 5.06. The Kier molecular flexibility index (Phi) is 4.50. The summed E-state index contributed by atoms with van der Waals surface area (Å²) in [5.74, 6) is -0.400. The minimum atomic E-state index is -4.69. The van der Waals surface area contributed by atoms with E-state index in [1.54, 1.807) is 0 Å². The molecule has 1 aromatic heterocycles. The molecule has 0 unspecified atom stereocenters. The monoisotopic (exact) mass is 382 g/mol. The van der Waals surface area contributed by atoms with Gasteiger partial charge in [-0.2, -0.15) is 13.2 Å².